The highest BCUT2D eigenvalue weighted by atomic mass is 35.7. The highest BCUT2D eigenvalue weighted by Gasteiger charge is 2.34. The van der Waals surface area contributed by atoms with Gasteiger partial charge in [-0.2, -0.15) is 0 Å². The van der Waals surface area contributed by atoms with Crippen LogP contribution in [0.5, 0.6) is 0 Å². The molecule has 0 spiro atoms. The van der Waals surface area contributed by atoms with Crippen LogP contribution in [0.2, 0.25) is 0 Å². The normalized spacial score (nSPS) is 13.2. The van der Waals surface area contributed by atoms with Gasteiger partial charge < -0.3 is 0 Å². The summed E-state index contributed by atoms with van der Waals surface area (Å²) in [5.74, 6) is 0. The SMILES string of the molecule is CCCCCCCC(S(=O)(=O)Cl)S(=O)(=O)Cl. The van der Waals surface area contributed by atoms with Crippen molar-refractivity contribution in [1.29, 1.82) is 0 Å². The quantitative estimate of drug-likeness (QED) is 0.510. The van der Waals surface area contributed by atoms with Gasteiger partial charge in [-0.05, 0) is 6.42 Å². The number of halogens is 2. The van der Waals surface area contributed by atoms with Crippen LogP contribution < -0.4 is 0 Å². The maximum atomic E-state index is 11.0. The minimum Gasteiger partial charge on any atom is -0.211 e. The molecule has 0 radical (unpaired) electrons. The van der Waals surface area contributed by atoms with Gasteiger partial charge in [0, 0.05) is 21.4 Å². The molecule has 0 fully saturated rings. The largest absolute Gasteiger partial charge is 0.251 e. The minimum atomic E-state index is -4.16. The predicted octanol–water partition coefficient (Wildman–Crippen LogP) is 2.81. The van der Waals surface area contributed by atoms with Gasteiger partial charge in [0.2, 0.25) is 0 Å². The Balaban J connectivity index is 4.28. The van der Waals surface area contributed by atoms with Gasteiger partial charge in [-0.15, -0.1) is 0 Å². The van der Waals surface area contributed by atoms with E-state index in [1.165, 1.54) is 0 Å². The van der Waals surface area contributed by atoms with E-state index < -0.39 is 22.7 Å². The Morgan fingerprint density at radius 1 is 0.875 bits per heavy atom. The molecule has 0 aliphatic carbocycles. The van der Waals surface area contributed by atoms with Gasteiger partial charge in [-0.3, -0.25) is 0 Å². The van der Waals surface area contributed by atoms with Crippen molar-refractivity contribution in [3.05, 3.63) is 0 Å². The molecule has 0 saturated heterocycles. The zero-order valence-corrected chi connectivity index (χ0v) is 12.2. The maximum absolute atomic E-state index is 11.0. The van der Waals surface area contributed by atoms with Crippen LogP contribution in [-0.2, 0) is 18.1 Å². The summed E-state index contributed by atoms with van der Waals surface area (Å²) in [5.41, 5.74) is 0. The molecule has 0 heterocycles. The molecule has 0 unspecified atom stereocenters. The molecule has 0 aliphatic rings. The van der Waals surface area contributed by atoms with Crippen molar-refractivity contribution in [3.8, 4) is 0 Å². The molecule has 0 N–H and O–H groups in total. The predicted molar refractivity (Wildman–Crippen MR) is 66.7 cm³/mol. The van der Waals surface area contributed by atoms with Gasteiger partial charge in [-0.1, -0.05) is 39.0 Å². The minimum absolute atomic E-state index is 0.0403. The van der Waals surface area contributed by atoms with E-state index in [4.69, 9.17) is 21.4 Å². The van der Waals surface area contributed by atoms with Crippen LogP contribution in [0.25, 0.3) is 0 Å². The summed E-state index contributed by atoms with van der Waals surface area (Å²) in [5, 5.41) is 0. The molecule has 0 atom stereocenters. The van der Waals surface area contributed by atoms with E-state index in [2.05, 4.69) is 6.92 Å². The Bertz CT molecular complexity index is 356. The lowest BCUT2D eigenvalue weighted by molar-refractivity contribution is 0.569. The molecule has 8 heteroatoms. The monoisotopic (exact) mass is 310 g/mol. The number of hydrogen-bond donors (Lipinski definition) is 0. The Hall–Kier alpha value is 0.480. The van der Waals surface area contributed by atoms with Crippen LogP contribution in [0.4, 0.5) is 0 Å². The van der Waals surface area contributed by atoms with Crippen LogP contribution >= 0.6 is 21.4 Å². The van der Waals surface area contributed by atoms with Crippen molar-refractivity contribution in [1.82, 2.24) is 0 Å². The van der Waals surface area contributed by atoms with Crippen molar-refractivity contribution in [2.45, 2.75) is 50.0 Å². The molecule has 0 amide bonds. The highest BCUT2D eigenvalue weighted by molar-refractivity contribution is 8.28. The topological polar surface area (TPSA) is 68.3 Å². The molecule has 0 aliphatic heterocycles. The lowest BCUT2D eigenvalue weighted by atomic mass is 10.1. The first-order valence-electron chi connectivity index (χ1n) is 5.06. The third-order valence-corrected chi connectivity index (χ3v) is 7.34. The zero-order valence-electron chi connectivity index (χ0n) is 9.03. The molecule has 4 nitrogen and oxygen atoms in total. The Kier molecular flexibility index (Phi) is 7.25. The van der Waals surface area contributed by atoms with E-state index in [0.717, 1.165) is 25.7 Å². The van der Waals surface area contributed by atoms with Gasteiger partial charge >= 0.3 is 0 Å². The lowest BCUT2D eigenvalue weighted by Gasteiger charge is -2.09. The summed E-state index contributed by atoms with van der Waals surface area (Å²) in [6, 6.07) is 0. The van der Waals surface area contributed by atoms with Crippen molar-refractivity contribution in [2.24, 2.45) is 0 Å². The van der Waals surface area contributed by atoms with E-state index in [0.29, 0.717) is 6.42 Å². The van der Waals surface area contributed by atoms with E-state index in [1.54, 1.807) is 0 Å². The molecular weight excluding hydrogens is 295 g/mol. The van der Waals surface area contributed by atoms with Crippen LogP contribution in [0.3, 0.4) is 0 Å². The van der Waals surface area contributed by atoms with Crippen molar-refractivity contribution in [3.63, 3.8) is 0 Å². The summed E-state index contributed by atoms with van der Waals surface area (Å²) in [7, 11) is 1.74. The molecule has 0 rings (SSSR count). The first kappa shape index (κ1) is 16.5. The van der Waals surface area contributed by atoms with Crippen molar-refractivity contribution < 1.29 is 16.8 Å². The average molecular weight is 311 g/mol. The fourth-order valence-corrected chi connectivity index (χ4v) is 5.92. The molecule has 0 bridgehead atoms. The molecule has 16 heavy (non-hydrogen) atoms. The average Bonchev–Trinajstić information content (AvgIpc) is 2.06. The fraction of sp³-hybridized carbons (Fsp3) is 1.00. The van der Waals surface area contributed by atoms with E-state index in [-0.39, 0.29) is 6.42 Å². The summed E-state index contributed by atoms with van der Waals surface area (Å²) < 4.78 is 42.3. The van der Waals surface area contributed by atoms with Crippen LogP contribution in [-0.4, -0.2) is 21.4 Å². The third-order valence-electron chi connectivity index (χ3n) is 2.17. The third kappa shape index (κ3) is 6.93. The second-order valence-corrected chi connectivity index (χ2v) is 9.50. The van der Waals surface area contributed by atoms with Gasteiger partial charge in [-0.25, -0.2) is 16.8 Å². The van der Waals surface area contributed by atoms with E-state index in [9.17, 15) is 16.8 Å². The van der Waals surface area contributed by atoms with Crippen molar-refractivity contribution in [2.75, 3.05) is 0 Å². The van der Waals surface area contributed by atoms with Gasteiger partial charge in [0.05, 0.1) is 0 Å². The van der Waals surface area contributed by atoms with Crippen LogP contribution in [0.15, 0.2) is 0 Å². The Labute approximate surface area is 106 Å². The lowest BCUT2D eigenvalue weighted by Crippen LogP contribution is -2.23. The van der Waals surface area contributed by atoms with E-state index >= 15 is 0 Å². The highest BCUT2D eigenvalue weighted by Crippen LogP contribution is 2.23. The number of unbranched alkanes of at least 4 members (excludes halogenated alkanes) is 4. The van der Waals surface area contributed by atoms with Crippen LogP contribution in [0.1, 0.15) is 45.4 Å². The van der Waals surface area contributed by atoms with Crippen molar-refractivity contribution >= 4 is 39.5 Å². The van der Waals surface area contributed by atoms with Gasteiger partial charge in [0.1, 0.15) is 0 Å². The number of rotatable bonds is 8. The smallest absolute Gasteiger partial charge is 0.211 e. The van der Waals surface area contributed by atoms with Gasteiger partial charge in [0.15, 0.2) is 4.58 Å². The Morgan fingerprint density at radius 2 is 1.31 bits per heavy atom. The summed E-state index contributed by atoms with van der Waals surface area (Å²) in [4.78, 5) is 0. The van der Waals surface area contributed by atoms with E-state index in [1.807, 2.05) is 0 Å². The second-order valence-electron chi connectivity index (χ2n) is 3.58. The standard InChI is InChI=1S/C8H16Cl2O4S2/c1-2-3-4-5-6-7-8(15(9,11)12)16(10,13)14/h8H,2-7H2,1H3. The molecule has 98 valence electrons. The van der Waals surface area contributed by atoms with Crippen LogP contribution in [0, 0.1) is 0 Å². The second kappa shape index (κ2) is 7.03. The zero-order chi connectivity index (χ0) is 12.8. The molecule has 0 aromatic rings. The summed E-state index contributed by atoms with van der Waals surface area (Å²) in [6.07, 6.45) is 4.29. The Morgan fingerprint density at radius 3 is 1.69 bits per heavy atom. The molecule has 0 aromatic carbocycles. The number of hydrogen-bond acceptors (Lipinski definition) is 4. The fourth-order valence-electron chi connectivity index (χ4n) is 1.33. The first-order chi connectivity index (χ1) is 7.19. The summed E-state index contributed by atoms with van der Waals surface area (Å²) in [6.45, 7) is 2.05. The van der Waals surface area contributed by atoms with Gasteiger partial charge in [0.25, 0.3) is 18.1 Å². The molecule has 0 saturated carbocycles. The molecular formula is C8H16Cl2O4S2. The molecule has 0 aromatic heterocycles. The summed E-state index contributed by atoms with van der Waals surface area (Å²) >= 11 is 0. The maximum Gasteiger partial charge on any atom is 0.251 e. The first-order valence-corrected chi connectivity index (χ1v) is 9.81.